The molecule has 152 valence electrons. The lowest BCUT2D eigenvalue weighted by Crippen LogP contribution is -2.11. The van der Waals surface area contributed by atoms with Gasteiger partial charge in [0.05, 0.1) is 18.5 Å². The third kappa shape index (κ3) is 4.05. The molecule has 1 N–H and O–H groups in total. The quantitative estimate of drug-likeness (QED) is 0.453. The van der Waals surface area contributed by atoms with Crippen molar-refractivity contribution in [2.45, 2.75) is 11.8 Å². The molecular formula is C20H18N6O2S2. The van der Waals surface area contributed by atoms with Gasteiger partial charge in [-0.05, 0) is 49.6 Å². The van der Waals surface area contributed by atoms with E-state index in [9.17, 15) is 4.79 Å². The minimum Gasteiger partial charge on any atom is -0.497 e. The summed E-state index contributed by atoms with van der Waals surface area (Å²) in [5.74, 6) is 0.745. The number of anilines is 1. The van der Waals surface area contributed by atoms with Crippen LogP contribution in [0, 0.1) is 6.92 Å². The number of ether oxygens (including phenoxy) is 1. The van der Waals surface area contributed by atoms with Gasteiger partial charge in [-0.25, -0.2) is 4.68 Å². The van der Waals surface area contributed by atoms with Gasteiger partial charge in [-0.3, -0.25) is 10.1 Å². The second kappa shape index (κ2) is 8.64. The first-order valence-corrected chi connectivity index (χ1v) is 10.9. The maximum absolute atomic E-state index is 12.5. The van der Waals surface area contributed by atoms with Crippen LogP contribution in [-0.2, 0) is 0 Å². The summed E-state index contributed by atoms with van der Waals surface area (Å²) in [6.45, 7) is 1.91. The Bertz CT molecular complexity index is 1200. The summed E-state index contributed by atoms with van der Waals surface area (Å²) in [5.41, 5.74) is 2.78. The molecule has 2 heterocycles. The number of rotatable bonds is 6. The van der Waals surface area contributed by atoms with Crippen LogP contribution in [0.5, 0.6) is 5.75 Å². The van der Waals surface area contributed by atoms with Gasteiger partial charge in [0, 0.05) is 22.0 Å². The van der Waals surface area contributed by atoms with E-state index in [4.69, 9.17) is 4.74 Å². The Balaban J connectivity index is 1.55. The average molecular weight is 439 g/mol. The average Bonchev–Trinajstić information content (AvgIpc) is 3.40. The number of hydrogen-bond acceptors (Lipinski definition) is 8. The number of benzene rings is 2. The smallest absolute Gasteiger partial charge is 0.257 e. The van der Waals surface area contributed by atoms with E-state index in [1.165, 1.54) is 0 Å². The van der Waals surface area contributed by atoms with Gasteiger partial charge < -0.3 is 4.74 Å². The van der Waals surface area contributed by atoms with E-state index in [0.717, 1.165) is 27.8 Å². The molecule has 4 aromatic rings. The first-order valence-electron chi connectivity index (χ1n) is 8.95. The Morgan fingerprint density at radius 1 is 1.20 bits per heavy atom. The number of methoxy groups -OCH3 is 1. The van der Waals surface area contributed by atoms with E-state index < -0.39 is 0 Å². The van der Waals surface area contributed by atoms with Crippen LogP contribution >= 0.6 is 23.3 Å². The highest BCUT2D eigenvalue weighted by Crippen LogP contribution is 2.25. The minimum absolute atomic E-state index is 0.286. The number of carbonyl (C=O) groups excluding carboxylic acids is 1. The molecule has 2 aromatic heterocycles. The molecule has 0 aliphatic rings. The number of hydrogen-bond donors (Lipinski definition) is 1. The standard InChI is InChI=1S/C20H18N6O2S2/c1-12-17(23-25-26(12)14-7-5-9-16(11-14)29-3)18-21-20(30-24-18)22-19(27)13-6-4-8-15(10-13)28-2/h4-11H,1-3H3,(H,21,22,24,27). The molecule has 0 saturated carbocycles. The van der Waals surface area contributed by atoms with Crippen LogP contribution in [0.15, 0.2) is 53.4 Å². The van der Waals surface area contributed by atoms with Crippen molar-refractivity contribution in [2.75, 3.05) is 18.7 Å². The number of thioether (sulfide) groups is 1. The molecule has 30 heavy (non-hydrogen) atoms. The highest BCUT2D eigenvalue weighted by Gasteiger charge is 2.18. The van der Waals surface area contributed by atoms with Crippen LogP contribution in [0.3, 0.4) is 0 Å². The van der Waals surface area contributed by atoms with Gasteiger partial charge >= 0.3 is 0 Å². The zero-order chi connectivity index (χ0) is 21.1. The monoisotopic (exact) mass is 438 g/mol. The lowest BCUT2D eigenvalue weighted by atomic mass is 10.2. The maximum Gasteiger partial charge on any atom is 0.257 e. The zero-order valence-electron chi connectivity index (χ0n) is 16.5. The van der Waals surface area contributed by atoms with E-state index in [1.54, 1.807) is 47.8 Å². The van der Waals surface area contributed by atoms with Crippen molar-refractivity contribution in [3.63, 3.8) is 0 Å². The summed E-state index contributed by atoms with van der Waals surface area (Å²) >= 11 is 2.76. The molecule has 0 spiro atoms. The Morgan fingerprint density at radius 3 is 2.83 bits per heavy atom. The molecule has 10 heteroatoms. The van der Waals surface area contributed by atoms with E-state index in [1.807, 2.05) is 37.4 Å². The third-order valence-corrected chi connectivity index (χ3v) is 5.74. The fourth-order valence-electron chi connectivity index (χ4n) is 2.83. The van der Waals surface area contributed by atoms with Crippen molar-refractivity contribution in [3.8, 4) is 23.0 Å². The van der Waals surface area contributed by atoms with E-state index in [2.05, 4.69) is 25.0 Å². The van der Waals surface area contributed by atoms with Gasteiger partial charge in [0.2, 0.25) is 5.13 Å². The topological polar surface area (TPSA) is 94.8 Å². The van der Waals surface area contributed by atoms with Crippen molar-refractivity contribution < 1.29 is 9.53 Å². The molecule has 8 nitrogen and oxygen atoms in total. The molecule has 0 aliphatic carbocycles. The van der Waals surface area contributed by atoms with E-state index in [-0.39, 0.29) is 5.91 Å². The molecule has 4 rings (SSSR count). The highest BCUT2D eigenvalue weighted by atomic mass is 32.2. The molecule has 0 bridgehead atoms. The Morgan fingerprint density at radius 2 is 2.03 bits per heavy atom. The molecule has 0 radical (unpaired) electrons. The first-order chi connectivity index (χ1) is 14.6. The van der Waals surface area contributed by atoms with Crippen LogP contribution < -0.4 is 10.1 Å². The predicted octanol–water partition coefficient (Wildman–Crippen LogP) is 4.08. The fourth-order valence-corrected chi connectivity index (χ4v) is 3.85. The summed E-state index contributed by atoms with van der Waals surface area (Å²) in [4.78, 5) is 18.0. The van der Waals surface area contributed by atoms with Crippen LogP contribution in [0.1, 0.15) is 16.1 Å². The van der Waals surface area contributed by atoms with Gasteiger partial charge in [0.25, 0.3) is 5.91 Å². The summed E-state index contributed by atoms with van der Waals surface area (Å²) in [6, 6.07) is 14.9. The first kappa shape index (κ1) is 20.0. The second-order valence-corrected chi connectivity index (χ2v) is 7.88. The van der Waals surface area contributed by atoms with Crippen LogP contribution in [0.2, 0.25) is 0 Å². The summed E-state index contributed by atoms with van der Waals surface area (Å²) in [5, 5.41) is 11.7. The van der Waals surface area contributed by atoms with Crippen molar-refractivity contribution in [1.29, 1.82) is 0 Å². The summed E-state index contributed by atoms with van der Waals surface area (Å²) in [6.07, 6.45) is 2.03. The molecule has 0 fully saturated rings. The second-order valence-electron chi connectivity index (χ2n) is 6.25. The molecule has 0 aliphatic heterocycles. The summed E-state index contributed by atoms with van der Waals surface area (Å²) in [7, 11) is 1.56. The van der Waals surface area contributed by atoms with Crippen molar-refractivity contribution in [2.24, 2.45) is 0 Å². The SMILES string of the molecule is COc1cccc(C(=O)Nc2nc(-c3nnn(-c4cccc(SC)c4)c3C)ns2)c1. The van der Waals surface area contributed by atoms with Crippen molar-refractivity contribution in [1.82, 2.24) is 24.4 Å². The zero-order valence-corrected chi connectivity index (χ0v) is 18.1. The van der Waals surface area contributed by atoms with E-state index >= 15 is 0 Å². The van der Waals surface area contributed by atoms with Crippen LogP contribution in [0.4, 0.5) is 5.13 Å². The van der Waals surface area contributed by atoms with Crippen LogP contribution in [-0.4, -0.2) is 43.6 Å². The number of amides is 1. The van der Waals surface area contributed by atoms with Crippen molar-refractivity contribution in [3.05, 3.63) is 59.8 Å². The molecule has 0 saturated heterocycles. The Hall–Kier alpha value is -3.24. The molecule has 1 amide bonds. The number of carbonyl (C=O) groups is 1. The molecule has 0 atom stereocenters. The molecular weight excluding hydrogens is 420 g/mol. The number of nitrogens with one attached hydrogen (secondary N) is 1. The fraction of sp³-hybridized carbons (Fsp3) is 0.150. The van der Waals surface area contributed by atoms with Gasteiger partial charge in [-0.15, -0.1) is 16.9 Å². The van der Waals surface area contributed by atoms with Gasteiger partial charge in [0.1, 0.15) is 5.75 Å². The summed E-state index contributed by atoms with van der Waals surface area (Å²) < 4.78 is 11.3. The number of nitrogens with zero attached hydrogens (tertiary/aromatic N) is 5. The van der Waals surface area contributed by atoms with Gasteiger partial charge in [0.15, 0.2) is 11.5 Å². The highest BCUT2D eigenvalue weighted by molar-refractivity contribution is 7.98. The largest absolute Gasteiger partial charge is 0.497 e. The van der Waals surface area contributed by atoms with Gasteiger partial charge in [-0.2, -0.15) is 9.36 Å². The van der Waals surface area contributed by atoms with E-state index in [0.29, 0.717) is 28.0 Å². The molecule has 0 unspecified atom stereocenters. The Kier molecular flexibility index (Phi) is 5.77. The van der Waals surface area contributed by atoms with Crippen LogP contribution in [0.25, 0.3) is 17.2 Å². The van der Waals surface area contributed by atoms with Gasteiger partial charge in [-0.1, -0.05) is 17.3 Å². The maximum atomic E-state index is 12.5. The lowest BCUT2D eigenvalue weighted by Gasteiger charge is -2.05. The van der Waals surface area contributed by atoms with Crippen molar-refractivity contribution >= 4 is 34.3 Å². The Labute approximate surface area is 181 Å². The lowest BCUT2D eigenvalue weighted by molar-refractivity contribution is 0.102. The molecule has 2 aromatic carbocycles. The third-order valence-electron chi connectivity index (χ3n) is 4.38. The normalized spacial score (nSPS) is 10.8. The minimum atomic E-state index is -0.286. The predicted molar refractivity (Wildman–Crippen MR) is 118 cm³/mol. The number of aromatic nitrogens is 5.